The standard InChI is InChI=1S/C27H26F2N2O5S/c1-17-4-10-21(15-22(17)19-7-5-18(6-8-19)16-31(2)37(3,33)34)30-25(32)26(12-13-26)20-9-11-23-24(14-20)36-27(28,29)35-23/h4-11,14-15H,12-13,16H2,1-3H3,(H,30,32). The van der Waals surface area contributed by atoms with Crippen LogP contribution in [0.4, 0.5) is 14.5 Å². The number of alkyl halides is 2. The molecule has 1 fully saturated rings. The van der Waals surface area contributed by atoms with Gasteiger partial charge in [-0.25, -0.2) is 12.7 Å². The fraction of sp³-hybridized carbons (Fsp3) is 0.296. The quantitative estimate of drug-likeness (QED) is 0.464. The number of amides is 1. The molecule has 2 aliphatic rings. The molecule has 3 aromatic carbocycles. The molecule has 7 nitrogen and oxygen atoms in total. The highest BCUT2D eigenvalue weighted by Gasteiger charge is 2.52. The summed E-state index contributed by atoms with van der Waals surface area (Å²) in [7, 11) is -1.74. The van der Waals surface area contributed by atoms with Crippen LogP contribution >= 0.6 is 0 Å². The summed E-state index contributed by atoms with van der Waals surface area (Å²) in [6.07, 6.45) is -1.35. The maximum atomic E-state index is 13.4. The Labute approximate surface area is 214 Å². The van der Waals surface area contributed by atoms with Crippen molar-refractivity contribution in [2.45, 2.75) is 38.0 Å². The van der Waals surface area contributed by atoms with Gasteiger partial charge in [0.2, 0.25) is 15.9 Å². The molecule has 0 aromatic heterocycles. The third kappa shape index (κ3) is 5.03. The largest absolute Gasteiger partial charge is 0.586 e. The molecule has 37 heavy (non-hydrogen) atoms. The number of halogens is 2. The Morgan fingerprint density at radius 2 is 1.68 bits per heavy atom. The molecule has 1 saturated carbocycles. The van der Waals surface area contributed by atoms with Crippen LogP contribution in [0.2, 0.25) is 0 Å². The molecule has 0 spiro atoms. The minimum absolute atomic E-state index is 0.0536. The minimum Gasteiger partial charge on any atom is -0.395 e. The molecule has 0 atom stereocenters. The number of hydrogen-bond donors (Lipinski definition) is 1. The second kappa shape index (κ2) is 8.81. The third-order valence-electron chi connectivity index (χ3n) is 6.87. The van der Waals surface area contributed by atoms with E-state index in [1.165, 1.54) is 29.7 Å². The lowest BCUT2D eigenvalue weighted by atomic mass is 9.94. The van der Waals surface area contributed by atoms with E-state index in [0.717, 1.165) is 22.3 Å². The van der Waals surface area contributed by atoms with E-state index in [9.17, 15) is 22.0 Å². The molecule has 0 radical (unpaired) electrons. The summed E-state index contributed by atoms with van der Waals surface area (Å²) < 4.78 is 60.5. The number of aryl methyl sites for hydroxylation is 1. The zero-order chi connectivity index (χ0) is 26.6. The van der Waals surface area contributed by atoms with E-state index < -0.39 is 21.7 Å². The number of nitrogens with one attached hydrogen (secondary N) is 1. The number of carbonyl (C=O) groups is 1. The third-order valence-corrected chi connectivity index (χ3v) is 8.13. The van der Waals surface area contributed by atoms with Crippen molar-refractivity contribution in [1.82, 2.24) is 4.31 Å². The maximum absolute atomic E-state index is 13.4. The van der Waals surface area contributed by atoms with Gasteiger partial charge in [-0.15, -0.1) is 8.78 Å². The number of benzene rings is 3. The van der Waals surface area contributed by atoms with Gasteiger partial charge in [-0.2, -0.15) is 0 Å². The van der Waals surface area contributed by atoms with Crippen LogP contribution in [-0.2, 0) is 26.8 Å². The van der Waals surface area contributed by atoms with Crippen molar-refractivity contribution in [2.24, 2.45) is 0 Å². The first-order valence-corrected chi connectivity index (χ1v) is 13.5. The first-order valence-electron chi connectivity index (χ1n) is 11.7. The van der Waals surface area contributed by atoms with E-state index >= 15 is 0 Å². The molecule has 3 aromatic rings. The fourth-order valence-electron chi connectivity index (χ4n) is 4.44. The van der Waals surface area contributed by atoms with Crippen LogP contribution in [0.25, 0.3) is 11.1 Å². The molecule has 1 aliphatic carbocycles. The number of ether oxygens (including phenoxy) is 2. The number of fused-ring (bicyclic) bond motifs is 1. The molecule has 194 valence electrons. The number of nitrogens with zero attached hydrogens (tertiary/aromatic N) is 1. The molecule has 1 aliphatic heterocycles. The van der Waals surface area contributed by atoms with Crippen molar-refractivity contribution in [3.05, 3.63) is 77.4 Å². The lowest BCUT2D eigenvalue weighted by Crippen LogP contribution is -2.28. The molecule has 5 rings (SSSR count). The summed E-state index contributed by atoms with van der Waals surface area (Å²) in [6, 6.07) is 17.7. The Bertz CT molecular complexity index is 1490. The summed E-state index contributed by atoms with van der Waals surface area (Å²) in [6.45, 7) is 2.24. The topological polar surface area (TPSA) is 84.9 Å². The smallest absolute Gasteiger partial charge is 0.395 e. The molecule has 10 heteroatoms. The van der Waals surface area contributed by atoms with Gasteiger partial charge in [0.05, 0.1) is 11.7 Å². The van der Waals surface area contributed by atoms with Gasteiger partial charge in [0.15, 0.2) is 11.5 Å². The van der Waals surface area contributed by atoms with Crippen molar-refractivity contribution >= 4 is 21.6 Å². The van der Waals surface area contributed by atoms with Crippen molar-refractivity contribution in [2.75, 3.05) is 18.6 Å². The summed E-state index contributed by atoms with van der Waals surface area (Å²) in [4.78, 5) is 13.3. The van der Waals surface area contributed by atoms with Crippen molar-refractivity contribution < 1.29 is 31.5 Å². The van der Waals surface area contributed by atoms with E-state index in [2.05, 4.69) is 14.8 Å². The predicted molar refractivity (Wildman–Crippen MR) is 135 cm³/mol. The first-order chi connectivity index (χ1) is 17.4. The van der Waals surface area contributed by atoms with Gasteiger partial charge in [0, 0.05) is 19.3 Å². The first kappa shape index (κ1) is 25.2. The summed E-state index contributed by atoms with van der Waals surface area (Å²) in [5.74, 6) is -0.348. The molecule has 1 heterocycles. The monoisotopic (exact) mass is 528 g/mol. The van der Waals surface area contributed by atoms with Gasteiger partial charge in [-0.1, -0.05) is 36.4 Å². The molecule has 0 unspecified atom stereocenters. The zero-order valence-electron chi connectivity index (χ0n) is 20.5. The van der Waals surface area contributed by atoms with Crippen LogP contribution in [0, 0.1) is 6.92 Å². The van der Waals surface area contributed by atoms with E-state index in [1.54, 1.807) is 6.07 Å². The average molecular weight is 529 g/mol. The number of carbonyl (C=O) groups excluding carboxylic acids is 1. The van der Waals surface area contributed by atoms with Gasteiger partial charge in [-0.05, 0) is 71.8 Å². The van der Waals surface area contributed by atoms with Gasteiger partial charge in [0.25, 0.3) is 0 Å². The minimum atomic E-state index is -3.71. The Kier molecular flexibility index (Phi) is 5.99. The highest BCUT2D eigenvalue weighted by molar-refractivity contribution is 7.88. The van der Waals surface area contributed by atoms with E-state index in [-0.39, 0.29) is 24.0 Å². The summed E-state index contributed by atoms with van der Waals surface area (Å²) >= 11 is 0. The Hall–Kier alpha value is -3.50. The van der Waals surface area contributed by atoms with Crippen LogP contribution in [-0.4, -0.2) is 38.2 Å². The highest BCUT2D eigenvalue weighted by Crippen LogP contribution is 2.52. The summed E-state index contributed by atoms with van der Waals surface area (Å²) in [5, 5.41) is 2.99. The van der Waals surface area contributed by atoms with Gasteiger partial charge in [-0.3, -0.25) is 4.79 Å². The molecule has 1 N–H and O–H groups in total. The normalized spacial score (nSPS) is 17.0. The molecule has 0 bridgehead atoms. The van der Waals surface area contributed by atoms with Crippen molar-refractivity contribution in [3.63, 3.8) is 0 Å². The lowest BCUT2D eigenvalue weighted by molar-refractivity contribution is -0.286. The van der Waals surface area contributed by atoms with E-state index in [4.69, 9.17) is 0 Å². The van der Waals surface area contributed by atoms with Crippen LogP contribution < -0.4 is 14.8 Å². The van der Waals surface area contributed by atoms with Crippen LogP contribution in [0.1, 0.15) is 29.5 Å². The highest BCUT2D eigenvalue weighted by atomic mass is 32.2. The van der Waals surface area contributed by atoms with Crippen LogP contribution in [0.15, 0.2) is 60.7 Å². The lowest BCUT2D eigenvalue weighted by Gasteiger charge is -2.18. The van der Waals surface area contributed by atoms with E-state index in [1.807, 2.05) is 49.4 Å². The van der Waals surface area contributed by atoms with E-state index in [0.29, 0.717) is 24.1 Å². The number of anilines is 1. The van der Waals surface area contributed by atoms with Gasteiger partial charge < -0.3 is 14.8 Å². The van der Waals surface area contributed by atoms with Crippen LogP contribution in [0.3, 0.4) is 0 Å². The zero-order valence-corrected chi connectivity index (χ0v) is 21.4. The SMILES string of the molecule is Cc1ccc(NC(=O)C2(c3ccc4c(c3)OC(F)(F)O4)CC2)cc1-c1ccc(CN(C)S(C)(=O)=O)cc1. The van der Waals surface area contributed by atoms with Crippen molar-refractivity contribution in [1.29, 1.82) is 0 Å². The Balaban J connectivity index is 1.33. The number of rotatable bonds is 7. The van der Waals surface area contributed by atoms with Crippen LogP contribution in [0.5, 0.6) is 11.5 Å². The molecule has 1 amide bonds. The number of hydrogen-bond acceptors (Lipinski definition) is 5. The predicted octanol–water partition coefficient (Wildman–Crippen LogP) is 5.05. The molecular weight excluding hydrogens is 502 g/mol. The number of sulfonamides is 1. The Morgan fingerprint density at radius 1 is 1.00 bits per heavy atom. The van der Waals surface area contributed by atoms with Crippen molar-refractivity contribution in [3.8, 4) is 22.6 Å². The fourth-order valence-corrected chi connectivity index (χ4v) is 4.83. The molecule has 0 saturated heterocycles. The van der Waals surface area contributed by atoms with Gasteiger partial charge in [0.1, 0.15) is 0 Å². The Morgan fingerprint density at radius 3 is 2.32 bits per heavy atom. The second-order valence-electron chi connectivity index (χ2n) is 9.61. The maximum Gasteiger partial charge on any atom is 0.586 e. The average Bonchev–Trinajstić information content (AvgIpc) is 3.57. The molecular formula is C27H26F2N2O5S. The summed E-state index contributed by atoms with van der Waals surface area (Å²) in [5.41, 5.74) is 4.13. The van der Waals surface area contributed by atoms with Gasteiger partial charge >= 0.3 is 6.29 Å². The second-order valence-corrected chi connectivity index (χ2v) is 11.7.